The quantitative estimate of drug-likeness (QED) is 0.732. The van der Waals surface area contributed by atoms with Crippen molar-refractivity contribution in [2.45, 2.75) is 6.54 Å². The van der Waals surface area contributed by atoms with Crippen LogP contribution in [0.2, 0.25) is 5.02 Å². The minimum Gasteiger partial charge on any atom is -0.496 e. The molecule has 0 spiro atoms. The SMILES string of the molecule is COc1ccc(Cl)cc1C(=O)N1CCN(Cc2ccc(Br)s2)CC1. The molecule has 0 radical (unpaired) electrons. The second-order valence-corrected chi connectivity index (χ2v) is 8.60. The molecule has 0 atom stereocenters. The lowest BCUT2D eigenvalue weighted by Gasteiger charge is -2.34. The van der Waals surface area contributed by atoms with Crippen LogP contribution in [0, 0.1) is 0 Å². The third-order valence-corrected chi connectivity index (χ3v) is 5.90. The summed E-state index contributed by atoms with van der Waals surface area (Å²) < 4.78 is 6.45. The van der Waals surface area contributed by atoms with Crippen molar-refractivity contribution in [2.24, 2.45) is 0 Å². The molecule has 1 fully saturated rings. The number of benzene rings is 1. The zero-order chi connectivity index (χ0) is 17.1. The Morgan fingerprint density at radius 3 is 2.62 bits per heavy atom. The summed E-state index contributed by atoms with van der Waals surface area (Å²) >= 11 is 11.3. The summed E-state index contributed by atoms with van der Waals surface area (Å²) in [5, 5.41) is 0.543. The van der Waals surface area contributed by atoms with Gasteiger partial charge in [0, 0.05) is 42.6 Å². The highest BCUT2D eigenvalue weighted by atomic mass is 79.9. The summed E-state index contributed by atoms with van der Waals surface area (Å²) in [6.07, 6.45) is 0. The topological polar surface area (TPSA) is 32.8 Å². The van der Waals surface area contributed by atoms with Crippen molar-refractivity contribution in [2.75, 3.05) is 33.3 Å². The van der Waals surface area contributed by atoms with Crippen molar-refractivity contribution in [1.29, 1.82) is 0 Å². The lowest BCUT2D eigenvalue weighted by Crippen LogP contribution is -2.48. The number of rotatable bonds is 4. The maximum atomic E-state index is 12.8. The van der Waals surface area contributed by atoms with Gasteiger partial charge in [-0.3, -0.25) is 9.69 Å². The van der Waals surface area contributed by atoms with E-state index in [0.717, 1.165) is 23.4 Å². The van der Waals surface area contributed by atoms with Gasteiger partial charge in [0.15, 0.2) is 0 Å². The summed E-state index contributed by atoms with van der Waals surface area (Å²) in [5.74, 6) is 0.545. The predicted molar refractivity (Wildman–Crippen MR) is 101 cm³/mol. The van der Waals surface area contributed by atoms with Gasteiger partial charge in [0.05, 0.1) is 16.5 Å². The van der Waals surface area contributed by atoms with Gasteiger partial charge in [0.1, 0.15) is 5.75 Å². The van der Waals surface area contributed by atoms with Crippen LogP contribution in [-0.2, 0) is 6.54 Å². The average Bonchev–Trinajstić information content (AvgIpc) is 3.00. The van der Waals surface area contributed by atoms with E-state index in [1.54, 1.807) is 36.6 Å². The number of halogens is 2. The highest BCUT2D eigenvalue weighted by Crippen LogP contribution is 2.26. The maximum absolute atomic E-state index is 12.8. The van der Waals surface area contributed by atoms with Crippen molar-refractivity contribution in [1.82, 2.24) is 9.80 Å². The molecule has 1 aromatic carbocycles. The summed E-state index contributed by atoms with van der Waals surface area (Å²) in [4.78, 5) is 18.3. The Hall–Kier alpha value is -1.08. The molecule has 2 heterocycles. The van der Waals surface area contributed by atoms with Gasteiger partial charge in [-0.15, -0.1) is 11.3 Å². The molecule has 7 heteroatoms. The first-order chi connectivity index (χ1) is 11.6. The molecule has 0 unspecified atom stereocenters. The van der Waals surface area contributed by atoms with Crippen molar-refractivity contribution >= 4 is 44.8 Å². The predicted octanol–water partition coefficient (Wildman–Crippen LogP) is 4.13. The summed E-state index contributed by atoms with van der Waals surface area (Å²) in [5.41, 5.74) is 0.528. The van der Waals surface area contributed by atoms with Crippen LogP contribution in [0.1, 0.15) is 15.2 Å². The second kappa shape index (κ2) is 7.87. The molecule has 0 aliphatic carbocycles. The molecule has 2 aromatic rings. The smallest absolute Gasteiger partial charge is 0.257 e. The van der Waals surface area contributed by atoms with Crippen molar-refractivity contribution in [3.8, 4) is 5.75 Å². The average molecular weight is 430 g/mol. The number of carbonyl (C=O) groups excluding carboxylic acids is 1. The number of piperazine rings is 1. The van der Waals surface area contributed by atoms with Gasteiger partial charge >= 0.3 is 0 Å². The fourth-order valence-corrected chi connectivity index (χ4v) is 4.48. The van der Waals surface area contributed by atoms with E-state index in [4.69, 9.17) is 16.3 Å². The molecule has 4 nitrogen and oxygen atoms in total. The molecule has 0 N–H and O–H groups in total. The van der Waals surface area contributed by atoms with Crippen LogP contribution in [0.3, 0.4) is 0 Å². The molecular weight excluding hydrogens is 412 g/mol. The Morgan fingerprint density at radius 1 is 1.25 bits per heavy atom. The van der Waals surface area contributed by atoms with Crippen LogP contribution in [-0.4, -0.2) is 49.0 Å². The van der Waals surface area contributed by atoms with Gasteiger partial charge in [-0.1, -0.05) is 11.6 Å². The molecule has 128 valence electrons. The van der Waals surface area contributed by atoms with Crippen LogP contribution in [0.5, 0.6) is 5.75 Å². The normalized spacial score (nSPS) is 15.5. The molecule has 1 aliphatic rings. The lowest BCUT2D eigenvalue weighted by molar-refractivity contribution is 0.0626. The van der Waals surface area contributed by atoms with E-state index in [-0.39, 0.29) is 5.91 Å². The van der Waals surface area contributed by atoms with Gasteiger partial charge in [0.2, 0.25) is 0 Å². The van der Waals surface area contributed by atoms with Crippen molar-refractivity contribution in [3.05, 3.63) is 49.6 Å². The largest absolute Gasteiger partial charge is 0.496 e. The van der Waals surface area contributed by atoms with Crippen LogP contribution in [0.4, 0.5) is 0 Å². The number of hydrogen-bond donors (Lipinski definition) is 0. The molecular formula is C17H18BrClN2O2S. The van der Waals surface area contributed by atoms with Gasteiger partial charge in [0.25, 0.3) is 5.91 Å². The van der Waals surface area contributed by atoms with E-state index >= 15 is 0 Å². The molecule has 0 bridgehead atoms. The number of methoxy groups -OCH3 is 1. The Kier molecular flexibility index (Phi) is 5.81. The van der Waals surface area contributed by atoms with Gasteiger partial charge in [-0.05, 0) is 46.3 Å². The number of ether oxygens (including phenoxy) is 1. The second-order valence-electron chi connectivity index (χ2n) is 5.62. The van der Waals surface area contributed by atoms with E-state index in [1.165, 1.54) is 4.88 Å². The highest BCUT2D eigenvalue weighted by molar-refractivity contribution is 9.11. The van der Waals surface area contributed by atoms with Crippen LogP contribution < -0.4 is 4.74 Å². The van der Waals surface area contributed by atoms with Crippen LogP contribution in [0.15, 0.2) is 34.1 Å². The number of thiophene rings is 1. The molecule has 0 saturated carbocycles. The summed E-state index contributed by atoms with van der Waals surface area (Å²) in [7, 11) is 1.57. The third kappa shape index (κ3) is 4.11. The molecule has 3 rings (SSSR count). The third-order valence-electron chi connectivity index (χ3n) is 4.06. The minimum atomic E-state index is -0.0205. The Bertz CT molecular complexity index is 729. The number of nitrogens with zero attached hydrogens (tertiary/aromatic N) is 2. The molecule has 1 saturated heterocycles. The van der Waals surface area contributed by atoms with Gasteiger partial charge in [-0.2, -0.15) is 0 Å². The lowest BCUT2D eigenvalue weighted by atomic mass is 10.1. The van der Waals surface area contributed by atoms with E-state index < -0.39 is 0 Å². The monoisotopic (exact) mass is 428 g/mol. The maximum Gasteiger partial charge on any atom is 0.257 e. The van der Waals surface area contributed by atoms with Gasteiger partial charge < -0.3 is 9.64 Å². The van der Waals surface area contributed by atoms with Crippen molar-refractivity contribution in [3.63, 3.8) is 0 Å². The zero-order valence-electron chi connectivity index (χ0n) is 13.3. The molecule has 1 amide bonds. The Balaban J connectivity index is 1.62. The highest BCUT2D eigenvalue weighted by Gasteiger charge is 2.24. The fraction of sp³-hybridized carbons (Fsp3) is 0.353. The number of hydrogen-bond acceptors (Lipinski definition) is 4. The fourth-order valence-electron chi connectivity index (χ4n) is 2.78. The zero-order valence-corrected chi connectivity index (χ0v) is 16.5. The summed E-state index contributed by atoms with van der Waals surface area (Å²) in [6, 6.07) is 9.36. The first-order valence-corrected chi connectivity index (χ1v) is 9.65. The summed E-state index contributed by atoms with van der Waals surface area (Å²) in [6.45, 7) is 4.08. The van der Waals surface area contributed by atoms with Crippen LogP contribution >= 0.6 is 38.9 Å². The Labute approximate surface area is 159 Å². The van der Waals surface area contributed by atoms with Crippen molar-refractivity contribution < 1.29 is 9.53 Å². The number of carbonyl (C=O) groups is 1. The van der Waals surface area contributed by atoms with Crippen LogP contribution in [0.25, 0.3) is 0 Å². The van der Waals surface area contributed by atoms with E-state index in [0.29, 0.717) is 29.4 Å². The van der Waals surface area contributed by atoms with E-state index in [2.05, 4.69) is 33.0 Å². The Morgan fingerprint density at radius 2 is 2.00 bits per heavy atom. The molecule has 1 aliphatic heterocycles. The standard InChI is InChI=1S/C17H18BrClN2O2S/c1-23-15-4-2-12(19)10-14(15)17(22)21-8-6-20(7-9-21)11-13-3-5-16(18)24-13/h2-5,10H,6-9,11H2,1H3. The van der Waals surface area contributed by atoms with E-state index in [1.807, 2.05) is 4.90 Å². The molecule has 1 aromatic heterocycles. The minimum absolute atomic E-state index is 0.0205. The van der Waals surface area contributed by atoms with E-state index in [9.17, 15) is 4.79 Å². The molecule has 24 heavy (non-hydrogen) atoms. The number of amides is 1. The first kappa shape index (κ1) is 17.7. The first-order valence-electron chi connectivity index (χ1n) is 7.66. The van der Waals surface area contributed by atoms with Gasteiger partial charge in [-0.25, -0.2) is 0 Å².